The summed E-state index contributed by atoms with van der Waals surface area (Å²) >= 11 is 0. The Balaban J connectivity index is 2.24. The summed E-state index contributed by atoms with van der Waals surface area (Å²) in [5.41, 5.74) is 8.27. The van der Waals surface area contributed by atoms with Gasteiger partial charge in [-0.05, 0) is 43.9 Å². The van der Waals surface area contributed by atoms with Crippen LogP contribution in [0.15, 0.2) is 12.3 Å². The van der Waals surface area contributed by atoms with Crippen LogP contribution in [0.2, 0.25) is 0 Å². The first kappa shape index (κ1) is 10.4. The second-order valence-electron chi connectivity index (χ2n) is 4.38. The minimum absolute atomic E-state index is 0.0742. The van der Waals surface area contributed by atoms with E-state index in [9.17, 15) is 0 Å². The molecular weight excluding hydrogens is 186 g/mol. The highest BCUT2D eigenvalue weighted by molar-refractivity contribution is 5.44. The maximum absolute atomic E-state index is 5.86. The maximum atomic E-state index is 5.86. The highest BCUT2D eigenvalue weighted by Crippen LogP contribution is 2.22. The summed E-state index contributed by atoms with van der Waals surface area (Å²) in [4.78, 5) is 6.83. The van der Waals surface area contributed by atoms with Gasteiger partial charge in [-0.1, -0.05) is 0 Å². The van der Waals surface area contributed by atoms with Crippen molar-refractivity contribution in [2.75, 3.05) is 18.0 Å². The lowest BCUT2D eigenvalue weighted by Crippen LogP contribution is -2.19. The number of nitrogens with two attached hydrogens (primary N) is 1. The largest absolute Gasteiger partial charge is 0.357 e. The Morgan fingerprint density at radius 2 is 2.07 bits per heavy atom. The molecule has 0 unspecified atom stereocenters. The average molecular weight is 205 g/mol. The highest BCUT2D eigenvalue weighted by atomic mass is 15.2. The molecule has 1 atom stereocenters. The molecule has 0 radical (unpaired) electrons. The highest BCUT2D eigenvalue weighted by Gasteiger charge is 2.14. The molecule has 1 saturated heterocycles. The number of nitrogens with zero attached hydrogens (tertiary/aromatic N) is 2. The fraction of sp³-hybridized carbons (Fsp3) is 0.583. The van der Waals surface area contributed by atoms with E-state index in [1.165, 1.54) is 18.4 Å². The van der Waals surface area contributed by atoms with Crippen molar-refractivity contribution in [3.8, 4) is 0 Å². The summed E-state index contributed by atoms with van der Waals surface area (Å²) < 4.78 is 0. The van der Waals surface area contributed by atoms with E-state index in [1.54, 1.807) is 0 Å². The van der Waals surface area contributed by atoms with Gasteiger partial charge in [-0.3, -0.25) is 0 Å². The summed E-state index contributed by atoms with van der Waals surface area (Å²) in [6.07, 6.45) is 4.50. The molecule has 0 amide bonds. The van der Waals surface area contributed by atoms with Crippen molar-refractivity contribution in [3.05, 3.63) is 23.4 Å². The minimum Gasteiger partial charge on any atom is -0.357 e. The summed E-state index contributed by atoms with van der Waals surface area (Å²) in [6.45, 7) is 6.40. The van der Waals surface area contributed by atoms with Gasteiger partial charge in [0.15, 0.2) is 0 Å². The van der Waals surface area contributed by atoms with E-state index in [0.29, 0.717) is 0 Å². The van der Waals surface area contributed by atoms with Crippen molar-refractivity contribution in [1.82, 2.24) is 4.98 Å². The third kappa shape index (κ3) is 2.12. The van der Waals surface area contributed by atoms with Crippen LogP contribution in [0.1, 0.15) is 36.9 Å². The zero-order valence-corrected chi connectivity index (χ0v) is 9.53. The lowest BCUT2D eigenvalue weighted by Gasteiger charge is -2.18. The quantitative estimate of drug-likeness (QED) is 0.803. The summed E-state index contributed by atoms with van der Waals surface area (Å²) in [5, 5.41) is 0. The third-order valence-electron chi connectivity index (χ3n) is 3.06. The van der Waals surface area contributed by atoms with Gasteiger partial charge in [0.2, 0.25) is 0 Å². The molecule has 2 rings (SSSR count). The fourth-order valence-corrected chi connectivity index (χ4v) is 2.15. The van der Waals surface area contributed by atoms with Crippen LogP contribution < -0.4 is 10.6 Å². The number of rotatable bonds is 2. The number of aromatic nitrogens is 1. The van der Waals surface area contributed by atoms with Crippen molar-refractivity contribution in [2.24, 2.45) is 5.73 Å². The Hall–Kier alpha value is -1.09. The Labute approximate surface area is 91.3 Å². The second-order valence-corrected chi connectivity index (χ2v) is 4.38. The zero-order chi connectivity index (χ0) is 10.8. The molecule has 1 aromatic heterocycles. The number of anilines is 1. The van der Waals surface area contributed by atoms with Crippen molar-refractivity contribution >= 4 is 5.82 Å². The van der Waals surface area contributed by atoms with E-state index in [4.69, 9.17) is 5.73 Å². The number of hydrogen-bond donors (Lipinski definition) is 1. The molecule has 0 bridgehead atoms. The van der Waals surface area contributed by atoms with Gasteiger partial charge in [0.25, 0.3) is 0 Å². The van der Waals surface area contributed by atoms with Gasteiger partial charge in [-0.25, -0.2) is 4.98 Å². The maximum Gasteiger partial charge on any atom is 0.128 e. The van der Waals surface area contributed by atoms with Crippen molar-refractivity contribution in [1.29, 1.82) is 0 Å². The van der Waals surface area contributed by atoms with Crippen molar-refractivity contribution in [2.45, 2.75) is 32.7 Å². The first-order valence-corrected chi connectivity index (χ1v) is 5.65. The standard InChI is InChI=1S/C12H19N3/c1-9-7-12(15-5-3-4-6-15)14-8-11(9)10(2)13/h7-8,10H,3-6,13H2,1-2H3/t10-/m0/s1. The fourth-order valence-electron chi connectivity index (χ4n) is 2.15. The van der Waals surface area contributed by atoms with E-state index < -0.39 is 0 Å². The van der Waals surface area contributed by atoms with Gasteiger partial charge in [-0.2, -0.15) is 0 Å². The van der Waals surface area contributed by atoms with Crippen LogP contribution in [0, 0.1) is 6.92 Å². The number of hydrogen-bond acceptors (Lipinski definition) is 3. The molecule has 1 aromatic rings. The van der Waals surface area contributed by atoms with Crippen LogP contribution >= 0.6 is 0 Å². The van der Waals surface area contributed by atoms with Crippen molar-refractivity contribution in [3.63, 3.8) is 0 Å². The van der Waals surface area contributed by atoms with Crippen LogP contribution in [0.25, 0.3) is 0 Å². The molecule has 15 heavy (non-hydrogen) atoms. The normalized spacial score (nSPS) is 18.2. The minimum atomic E-state index is 0.0742. The molecular formula is C12H19N3. The molecule has 3 nitrogen and oxygen atoms in total. The molecule has 1 fully saturated rings. The number of aryl methyl sites for hydroxylation is 1. The molecule has 1 aliphatic rings. The molecule has 0 saturated carbocycles. The third-order valence-corrected chi connectivity index (χ3v) is 3.06. The predicted molar refractivity (Wildman–Crippen MR) is 63.0 cm³/mol. The number of pyridine rings is 1. The Kier molecular flexibility index (Phi) is 2.91. The van der Waals surface area contributed by atoms with Gasteiger partial charge >= 0.3 is 0 Å². The van der Waals surface area contributed by atoms with Gasteiger partial charge in [0.05, 0.1) is 0 Å². The molecule has 0 aromatic carbocycles. The summed E-state index contributed by atoms with van der Waals surface area (Å²) in [5.74, 6) is 1.11. The van der Waals surface area contributed by atoms with Crippen LogP contribution in [0.4, 0.5) is 5.82 Å². The van der Waals surface area contributed by atoms with E-state index in [2.05, 4.69) is 22.9 Å². The predicted octanol–water partition coefficient (Wildman–Crippen LogP) is 2.01. The monoisotopic (exact) mass is 205 g/mol. The molecule has 2 N–H and O–H groups in total. The molecule has 0 aliphatic carbocycles. The van der Waals surface area contributed by atoms with Crippen LogP contribution in [-0.4, -0.2) is 18.1 Å². The molecule has 1 aliphatic heterocycles. The SMILES string of the molecule is Cc1cc(N2CCCC2)ncc1[C@H](C)N. The molecule has 82 valence electrons. The lowest BCUT2D eigenvalue weighted by atomic mass is 10.1. The Morgan fingerprint density at radius 1 is 1.40 bits per heavy atom. The first-order valence-electron chi connectivity index (χ1n) is 5.65. The van der Waals surface area contributed by atoms with Crippen molar-refractivity contribution < 1.29 is 0 Å². The zero-order valence-electron chi connectivity index (χ0n) is 9.53. The Bertz CT molecular complexity index is 341. The van der Waals surface area contributed by atoms with Gasteiger partial charge < -0.3 is 10.6 Å². The van der Waals surface area contributed by atoms with E-state index >= 15 is 0 Å². The molecule has 0 spiro atoms. The van der Waals surface area contributed by atoms with Gasteiger partial charge in [-0.15, -0.1) is 0 Å². The molecule has 2 heterocycles. The van der Waals surface area contributed by atoms with E-state index in [-0.39, 0.29) is 6.04 Å². The Morgan fingerprint density at radius 3 is 2.60 bits per heavy atom. The van der Waals surface area contributed by atoms with Gasteiger partial charge in [0, 0.05) is 25.3 Å². The smallest absolute Gasteiger partial charge is 0.128 e. The van der Waals surface area contributed by atoms with Gasteiger partial charge in [0.1, 0.15) is 5.82 Å². The van der Waals surface area contributed by atoms with E-state index in [0.717, 1.165) is 24.5 Å². The van der Waals surface area contributed by atoms with Crippen LogP contribution in [0.5, 0.6) is 0 Å². The lowest BCUT2D eigenvalue weighted by molar-refractivity contribution is 0.799. The van der Waals surface area contributed by atoms with Crippen LogP contribution in [0.3, 0.4) is 0 Å². The van der Waals surface area contributed by atoms with E-state index in [1.807, 2.05) is 13.1 Å². The topological polar surface area (TPSA) is 42.2 Å². The first-order chi connectivity index (χ1) is 7.18. The second kappa shape index (κ2) is 4.19. The summed E-state index contributed by atoms with van der Waals surface area (Å²) in [7, 11) is 0. The summed E-state index contributed by atoms with van der Waals surface area (Å²) in [6, 6.07) is 2.23. The average Bonchev–Trinajstić information content (AvgIpc) is 2.69. The van der Waals surface area contributed by atoms with Crippen LogP contribution in [-0.2, 0) is 0 Å². The molecule has 3 heteroatoms.